The van der Waals surface area contributed by atoms with Crippen molar-refractivity contribution in [2.24, 2.45) is 5.10 Å². The third-order valence-corrected chi connectivity index (χ3v) is 4.85. The van der Waals surface area contributed by atoms with Crippen molar-refractivity contribution in [3.05, 3.63) is 71.8 Å². The van der Waals surface area contributed by atoms with E-state index in [0.717, 1.165) is 44.0 Å². The predicted molar refractivity (Wildman–Crippen MR) is 117 cm³/mol. The first-order valence-electron chi connectivity index (χ1n) is 9.85. The molecule has 1 fully saturated rings. The van der Waals surface area contributed by atoms with E-state index in [2.05, 4.69) is 44.6 Å². The average molecular weight is 393 g/mol. The minimum atomic E-state index is -0.0940. The van der Waals surface area contributed by atoms with E-state index in [-0.39, 0.29) is 5.91 Å². The van der Waals surface area contributed by atoms with Crippen LogP contribution < -0.4 is 10.2 Å². The molecule has 1 saturated heterocycles. The van der Waals surface area contributed by atoms with Gasteiger partial charge in [-0.1, -0.05) is 48.5 Å². The molecule has 152 valence electrons. The van der Waals surface area contributed by atoms with Crippen LogP contribution in [-0.2, 0) is 11.3 Å². The van der Waals surface area contributed by atoms with Gasteiger partial charge in [-0.25, -0.2) is 5.43 Å². The number of hydrogen-bond acceptors (Lipinski definition) is 5. The van der Waals surface area contributed by atoms with Gasteiger partial charge in [-0.2, -0.15) is 5.10 Å². The standard InChI is InChI=1S/C23H28N4O2/c1-29-22-12-6-5-10-21(22)11-7-13-24-25-23(28)19-27-16-14-26(15-17-27)18-20-8-3-2-4-9-20/h2-13H,14-19H2,1H3,(H,25,28). The molecule has 1 N–H and O–H groups in total. The number of allylic oxidation sites excluding steroid dienone is 1. The number of nitrogens with zero attached hydrogens (tertiary/aromatic N) is 3. The predicted octanol–water partition coefficient (Wildman–Crippen LogP) is 2.63. The number of carbonyl (C=O) groups excluding carboxylic acids is 1. The van der Waals surface area contributed by atoms with Gasteiger partial charge in [-0.3, -0.25) is 14.6 Å². The first-order chi connectivity index (χ1) is 14.2. The van der Waals surface area contributed by atoms with E-state index >= 15 is 0 Å². The van der Waals surface area contributed by atoms with Gasteiger partial charge in [0.2, 0.25) is 0 Å². The summed E-state index contributed by atoms with van der Waals surface area (Å²) < 4.78 is 5.29. The maximum atomic E-state index is 12.1. The fraction of sp³-hybridized carbons (Fsp3) is 0.304. The van der Waals surface area contributed by atoms with E-state index in [1.165, 1.54) is 5.56 Å². The fourth-order valence-electron chi connectivity index (χ4n) is 3.29. The number of methoxy groups -OCH3 is 1. The summed E-state index contributed by atoms with van der Waals surface area (Å²) in [5.74, 6) is 0.705. The molecule has 0 aromatic heterocycles. The van der Waals surface area contributed by atoms with Crippen molar-refractivity contribution < 1.29 is 9.53 Å². The Balaban J connectivity index is 1.36. The number of ether oxygens (including phenoxy) is 1. The van der Waals surface area contributed by atoms with Gasteiger partial charge in [0.1, 0.15) is 5.75 Å². The summed E-state index contributed by atoms with van der Waals surface area (Å²) in [5.41, 5.74) is 4.88. The zero-order valence-electron chi connectivity index (χ0n) is 16.8. The van der Waals surface area contributed by atoms with Crippen LogP contribution in [0, 0.1) is 0 Å². The summed E-state index contributed by atoms with van der Waals surface area (Å²) in [7, 11) is 1.64. The van der Waals surface area contributed by atoms with Crippen LogP contribution in [0.15, 0.2) is 65.8 Å². The lowest BCUT2D eigenvalue weighted by Crippen LogP contribution is -2.48. The third-order valence-electron chi connectivity index (χ3n) is 4.85. The van der Waals surface area contributed by atoms with Crippen molar-refractivity contribution in [2.45, 2.75) is 6.54 Å². The van der Waals surface area contributed by atoms with Crippen molar-refractivity contribution in [3.63, 3.8) is 0 Å². The second kappa shape index (κ2) is 11.1. The molecule has 2 aromatic carbocycles. The maximum absolute atomic E-state index is 12.1. The molecule has 0 bridgehead atoms. The van der Waals surface area contributed by atoms with Gasteiger partial charge in [-0.05, 0) is 23.8 Å². The molecule has 1 aliphatic heterocycles. The van der Waals surface area contributed by atoms with Crippen LogP contribution in [-0.4, -0.2) is 61.8 Å². The molecule has 0 radical (unpaired) electrons. The topological polar surface area (TPSA) is 57.2 Å². The molecule has 1 amide bonds. The van der Waals surface area contributed by atoms with Gasteiger partial charge >= 0.3 is 0 Å². The Morgan fingerprint density at radius 2 is 1.72 bits per heavy atom. The average Bonchev–Trinajstić information content (AvgIpc) is 2.76. The number of hydrazone groups is 1. The molecule has 0 spiro atoms. The highest BCUT2D eigenvalue weighted by Crippen LogP contribution is 2.18. The van der Waals surface area contributed by atoms with Crippen molar-refractivity contribution in [2.75, 3.05) is 39.8 Å². The molecule has 1 aliphatic rings. The minimum Gasteiger partial charge on any atom is -0.496 e. The SMILES string of the molecule is COc1ccccc1C=CC=NNC(=O)CN1CCN(Cc2ccccc2)CC1. The van der Waals surface area contributed by atoms with Gasteiger partial charge in [0.25, 0.3) is 5.91 Å². The Morgan fingerprint density at radius 3 is 2.48 bits per heavy atom. The van der Waals surface area contributed by atoms with Crippen LogP contribution in [0.25, 0.3) is 6.08 Å². The van der Waals surface area contributed by atoms with Gasteiger partial charge in [-0.15, -0.1) is 0 Å². The van der Waals surface area contributed by atoms with Crippen molar-refractivity contribution in [1.29, 1.82) is 0 Å². The molecular formula is C23H28N4O2. The summed E-state index contributed by atoms with van der Waals surface area (Å²) in [6.45, 7) is 5.03. The van der Waals surface area contributed by atoms with Gasteiger partial charge < -0.3 is 4.74 Å². The van der Waals surface area contributed by atoms with Crippen LogP contribution in [0.5, 0.6) is 5.75 Å². The van der Waals surface area contributed by atoms with Gasteiger partial charge in [0, 0.05) is 44.5 Å². The van der Waals surface area contributed by atoms with E-state index in [1.807, 2.05) is 36.4 Å². The van der Waals surface area contributed by atoms with E-state index in [9.17, 15) is 4.79 Å². The Labute approximate surface area is 172 Å². The molecule has 0 saturated carbocycles. The largest absolute Gasteiger partial charge is 0.496 e. The van der Waals surface area contributed by atoms with E-state index in [1.54, 1.807) is 19.4 Å². The number of rotatable bonds is 8. The lowest BCUT2D eigenvalue weighted by Gasteiger charge is -2.34. The first-order valence-corrected chi connectivity index (χ1v) is 9.85. The zero-order valence-corrected chi connectivity index (χ0v) is 16.8. The summed E-state index contributed by atoms with van der Waals surface area (Å²) >= 11 is 0. The summed E-state index contributed by atoms with van der Waals surface area (Å²) in [6, 6.07) is 18.2. The molecule has 1 heterocycles. The van der Waals surface area contributed by atoms with Crippen molar-refractivity contribution in [3.8, 4) is 5.75 Å². The molecule has 0 aliphatic carbocycles. The fourth-order valence-corrected chi connectivity index (χ4v) is 3.29. The summed E-state index contributed by atoms with van der Waals surface area (Å²) in [4.78, 5) is 16.7. The van der Waals surface area contributed by atoms with Crippen molar-refractivity contribution >= 4 is 18.2 Å². The smallest absolute Gasteiger partial charge is 0.254 e. The highest BCUT2D eigenvalue weighted by molar-refractivity contribution is 5.82. The molecule has 6 nitrogen and oxygen atoms in total. The third kappa shape index (κ3) is 6.85. The van der Waals surface area contributed by atoms with Crippen LogP contribution >= 0.6 is 0 Å². The second-order valence-corrected chi connectivity index (χ2v) is 6.95. The highest BCUT2D eigenvalue weighted by Gasteiger charge is 2.18. The quantitative estimate of drug-likeness (QED) is 0.554. The van der Waals surface area contributed by atoms with Crippen LogP contribution in [0.2, 0.25) is 0 Å². The number of carbonyl (C=O) groups is 1. The molecule has 2 aromatic rings. The number of amides is 1. The Hall–Kier alpha value is -2.96. The molecular weight excluding hydrogens is 364 g/mol. The van der Waals surface area contributed by atoms with E-state index < -0.39 is 0 Å². The number of hydrogen-bond donors (Lipinski definition) is 1. The molecule has 0 atom stereocenters. The van der Waals surface area contributed by atoms with E-state index in [0.29, 0.717) is 6.54 Å². The van der Waals surface area contributed by atoms with Crippen molar-refractivity contribution in [1.82, 2.24) is 15.2 Å². The Bertz CT molecular complexity index is 828. The number of benzene rings is 2. The number of nitrogens with one attached hydrogen (secondary N) is 1. The molecule has 0 unspecified atom stereocenters. The van der Waals surface area contributed by atoms with Crippen LogP contribution in [0.1, 0.15) is 11.1 Å². The monoisotopic (exact) mass is 392 g/mol. The normalized spacial score (nSPS) is 15.8. The minimum absolute atomic E-state index is 0.0940. The van der Waals surface area contributed by atoms with Crippen LogP contribution in [0.4, 0.5) is 0 Å². The molecule has 3 rings (SSSR count). The highest BCUT2D eigenvalue weighted by atomic mass is 16.5. The van der Waals surface area contributed by atoms with Gasteiger partial charge in [0.15, 0.2) is 0 Å². The first kappa shape index (κ1) is 20.8. The molecule has 29 heavy (non-hydrogen) atoms. The lowest BCUT2D eigenvalue weighted by atomic mass is 10.2. The summed E-state index contributed by atoms with van der Waals surface area (Å²) in [5, 5.41) is 3.99. The zero-order chi connectivity index (χ0) is 20.3. The maximum Gasteiger partial charge on any atom is 0.254 e. The molecule has 6 heteroatoms. The second-order valence-electron chi connectivity index (χ2n) is 6.95. The van der Waals surface area contributed by atoms with E-state index in [4.69, 9.17) is 4.74 Å². The van der Waals surface area contributed by atoms with Crippen LogP contribution in [0.3, 0.4) is 0 Å². The lowest BCUT2D eigenvalue weighted by molar-refractivity contribution is -0.122. The number of para-hydroxylation sites is 1. The van der Waals surface area contributed by atoms with Gasteiger partial charge in [0.05, 0.1) is 13.7 Å². The Morgan fingerprint density at radius 1 is 1.03 bits per heavy atom. The summed E-state index contributed by atoms with van der Waals surface area (Å²) in [6.07, 6.45) is 5.24. The Kier molecular flexibility index (Phi) is 7.98. The number of piperazine rings is 1.